The molecule has 2 aromatic heterocycles. The molecule has 1 amide bonds. The molecule has 0 aliphatic heterocycles. The molecule has 5 N–H and O–H groups in total. The van der Waals surface area contributed by atoms with Crippen LogP contribution >= 0.6 is 11.3 Å². The van der Waals surface area contributed by atoms with Crippen LogP contribution in [0.2, 0.25) is 0 Å². The first kappa shape index (κ1) is 21.0. The van der Waals surface area contributed by atoms with Crippen LogP contribution in [-0.2, 0) is 5.60 Å². The largest absolute Gasteiger partial charge is 0.396 e. The van der Waals surface area contributed by atoms with Crippen molar-refractivity contribution in [2.24, 2.45) is 5.73 Å². The summed E-state index contributed by atoms with van der Waals surface area (Å²) in [5.41, 5.74) is 7.55. The molecule has 29 heavy (non-hydrogen) atoms. The molecule has 0 saturated carbocycles. The number of rotatable bonds is 7. The second-order valence-electron chi connectivity index (χ2n) is 7.51. The minimum absolute atomic E-state index is 0.00673. The third kappa shape index (κ3) is 4.82. The highest BCUT2D eigenvalue weighted by Gasteiger charge is 2.18. The molecule has 3 aromatic rings. The predicted molar refractivity (Wildman–Crippen MR) is 117 cm³/mol. The molecule has 152 valence electrons. The number of benzene rings is 1. The minimum atomic E-state index is -0.915. The average molecular weight is 412 g/mol. The van der Waals surface area contributed by atoms with Crippen LogP contribution < -0.4 is 11.1 Å². The van der Waals surface area contributed by atoms with Gasteiger partial charge in [-0.25, -0.2) is 4.98 Å². The number of anilines is 2. The Kier molecular flexibility index (Phi) is 6.02. The lowest BCUT2D eigenvalue weighted by atomic mass is 9.97. The SMILES string of the molecule is CC(CO)c1cccc(Nc2sc(-c3ccc(C(C)(C)O)cc3)cc2C(N)=O)n1. The van der Waals surface area contributed by atoms with Gasteiger partial charge in [0.1, 0.15) is 10.8 Å². The summed E-state index contributed by atoms with van der Waals surface area (Å²) in [6.07, 6.45) is 0. The predicted octanol–water partition coefficient (Wildman–Crippen LogP) is 3.98. The number of pyridine rings is 1. The number of hydrogen-bond donors (Lipinski definition) is 4. The quantitative estimate of drug-likeness (QED) is 0.470. The van der Waals surface area contributed by atoms with E-state index in [1.165, 1.54) is 11.3 Å². The van der Waals surface area contributed by atoms with E-state index in [9.17, 15) is 15.0 Å². The molecule has 0 spiro atoms. The Morgan fingerprint density at radius 3 is 2.52 bits per heavy atom. The van der Waals surface area contributed by atoms with Crippen LogP contribution in [0.3, 0.4) is 0 Å². The van der Waals surface area contributed by atoms with E-state index in [2.05, 4.69) is 10.3 Å². The molecule has 1 unspecified atom stereocenters. The van der Waals surface area contributed by atoms with Crippen molar-refractivity contribution in [2.45, 2.75) is 32.3 Å². The normalized spacial score (nSPS) is 12.6. The fourth-order valence-corrected chi connectivity index (χ4v) is 3.93. The summed E-state index contributed by atoms with van der Waals surface area (Å²) in [4.78, 5) is 17.4. The smallest absolute Gasteiger partial charge is 0.251 e. The van der Waals surface area contributed by atoms with Crippen molar-refractivity contribution in [3.8, 4) is 10.4 Å². The molecule has 6 nitrogen and oxygen atoms in total. The number of nitrogens with two attached hydrogens (primary N) is 1. The zero-order chi connectivity index (χ0) is 21.2. The third-order valence-electron chi connectivity index (χ3n) is 4.66. The van der Waals surface area contributed by atoms with Gasteiger partial charge >= 0.3 is 0 Å². The van der Waals surface area contributed by atoms with Gasteiger partial charge in [0.05, 0.1) is 17.8 Å². The Hall–Kier alpha value is -2.74. The fraction of sp³-hybridized carbons (Fsp3) is 0.273. The van der Waals surface area contributed by atoms with Gasteiger partial charge < -0.3 is 21.3 Å². The molecule has 0 aliphatic carbocycles. The number of nitrogens with zero attached hydrogens (tertiary/aromatic N) is 1. The highest BCUT2D eigenvalue weighted by atomic mass is 32.1. The number of hydrogen-bond acceptors (Lipinski definition) is 6. The number of aliphatic hydroxyl groups excluding tert-OH is 1. The second kappa shape index (κ2) is 8.32. The second-order valence-corrected chi connectivity index (χ2v) is 8.56. The first-order valence-corrected chi connectivity index (χ1v) is 10.1. The summed E-state index contributed by atoms with van der Waals surface area (Å²) < 4.78 is 0. The van der Waals surface area contributed by atoms with Crippen LogP contribution in [0.25, 0.3) is 10.4 Å². The maximum atomic E-state index is 12.0. The van der Waals surface area contributed by atoms with E-state index in [4.69, 9.17) is 5.73 Å². The molecular weight excluding hydrogens is 386 g/mol. The van der Waals surface area contributed by atoms with E-state index < -0.39 is 11.5 Å². The van der Waals surface area contributed by atoms with Gasteiger partial charge in [0.2, 0.25) is 0 Å². The van der Waals surface area contributed by atoms with Gasteiger partial charge in [0.25, 0.3) is 5.91 Å². The zero-order valence-corrected chi connectivity index (χ0v) is 17.5. The van der Waals surface area contributed by atoms with Crippen molar-refractivity contribution in [1.82, 2.24) is 4.98 Å². The Morgan fingerprint density at radius 1 is 1.24 bits per heavy atom. The molecular formula is C22H25N3O3S. The Labute approximate surface area is 174 Å². The highest BCUT2D eigenvalue weighted by Crippen LogP contribution is 2.37. The number of nitrogens with one attached hydrogen (secondary N) is 1. The molecule has 2 heterocycles. The van der Waals surface area contributed by atoms with E-state index in [0.29, 0.717) is 16.4 Å². The zero-order valence-electron chi connectivity index (χ0n) is 16.6. The first-order chi connectivity index (χ1) is 13.7. The number of primary amides is 1. The van der Waals surface area contributed by atoms with Gasteiger partial charge in [0, 0.05) is 16.5 Å². The molecule has 0 saturated heterocycles. The first-order valence-electron chi connectivity index (χ1n) is 9.31. The van der Waals surface area contributed by atoms with Gasteiger partial charge in [-0.05, 0) is 43.2 Å². The van der Waals surface area contributed by atoms with E-state index in [1.807, 2.05) is 43.3 Å². The van der Waals surface area contributed by atoms with Crippen molar-refractivity contribution < 1.29 is 15.0 Å². The number of carbonyl (C=O) groups excluding carboxylic acids is 1. The summed E-state index contributed by atoms with van der Waals surface area (Å²) in [7, 11) is 0. The Morgan fingerprint density at radius 2 is 1.93 bits per heavy atom. The Bertz CT molecular complexity index is 1010. The number of thiophene rings is 1. The van der Waals surface area contributed by atoms with Crippen molar-refractivity contribution in [2.75, 3.05) is 11.9 Å². The lowest BCUT2D eigenvalue weighted by molar-refractivity contribution is 0.0786. The highest BCUT2D eigenvalue weighted by molar-refractivity contribution is 7.19. The molecule has 0 bridgehead atoms. The monoisotopic (exact) mass is 411 g/mol. The fourth-order valence-electron chi connectivity index (χ4n) is 2.86. The lowest BCUT2D eigenvalue weighted by Crippen LogP contribution is -2.14. The van der Waals surface area contributed by atoms with E-state index in [0.717, 1.165) is 21.7 Å². The van der Waals surface area contributed by atoms with Crippen LogP contribution in [0, 0.1) is 0 Å². The van der Waals surface area contributed by atoms with Crippen LogP contribution in [0.1, 0.15) is 48.3 Å². The van der Waals surface area contributed by atoms with Gasteiger partial charge in [-0.3, -0.25) is 4.79 Å². The van der Waals surface area contributed by atoms with Gasteiger partial charge in [0.15, 0.2) is 0 Å². The van der Waals surface area contributed by atoms with Crippen LogP contribution in [-0.4, -0.2) is 27.7 Å². The molecule has 0 aliphatic rings. The standard InChI is InChI=1S/C22H25N3O3S/c1-13(12-26)17-5-4-6-19(24-17)25-21-16(20(23)27)11-18(29-21)14-7-9-15(10-8-14)22(2,3)28/h4-11,13,26,28H,12H2,1-3H3,(H2,23,27)(H,24,25). The molecule has 1 atom stereocenters. The summed E-state index contributed by atoms with van der Waals surface area (Å²) in [6.45, 7) is 5.37. The number of amides is 1. The topological polar surface area (TPSA) is 108 Å². The minimum Gasteiger partial charge on any atom is -0.396 e. The van der Waals surface area contributed by atoms with Crippen LogP contribution in [0.4, 0.5) is 10.8 Å². The number of aliphatic hydroxyl groups is 2. The van der Waals surface area contributed by atoms with Gasteiger partial charge in [-0.15, -0.1) is 11.3 Å². The average Bonchev–Trinajstić information content (AvgIpc) is 3.11. The van der Waals surface area contributed by atoms with Crippen molar-refractivity contribution in [3.63, 3.8) is 0 Å². The molecule has 0 fully saturated rings. The van der Waals surface area contributed by atoms with Crippen molar-refractivity contribution >= 4 is 28.1 Å². The van der Waals surface area contributed by atoms with Crippen molar-refractivity contribution in [3.05, 3.63) is 65.4 Å². The van der Waals surface area contributed by atoms with E-state index in [-0.39, 0.29) is 12.5 Å². The molecule has 7 heteroatoms. The summed E-state index contributed by atoms with van der Waals surface area (Å²) in [5, 5.41) is 23.3. The summed E-state index contributed by atoms with van der Waals surface area (Å²) in [5.74, 6) is -0.0281. The maximum Gasteiger partial charge on any atom is 0.251 e. The van der Waals surface area contributed by atoms with Crippen LogP contribution in [0.5, 0.6) is 0 Å². The number of carbonyl (C=O) groups is 1. The van der Waals surface area contributed by atoms with Gasteiger partial charge in [-0.1, -0.05) is 37.3 Å². The molecule has 0 radical (unpaired) electrons. The lowest BCUT2D eigenvalue weighted by Gasteiger charge is -2.17. The summed E-state index contributed by atoms with van der Waals surface area (Å²) >= 11 is 1.41. The molecule has 1 aromatic carbocycles. The Balaban J connectivity index is 1.93. The maximum absolute atomic E-state index is 12.0. The van der Waals surface area contributed by atoms with E-state index in [1.54, 1.807) is 26.0 Å². The van der Waals surface area contributed by atoms with Gasteiger partial charge in [-0.2, -0.15) is 0 Å². The van der Waals surface area contributed by atoms with Crippen LogP contribution in [0.15, 0.2) is 48.5 Å². The number of aromatic nitrogens is 1. The van der Waals surface area contributed by atoms with Crippen molar-refractivity contribution in [1.29, 1.82) is 0 Å². The molecule has 3 rings (SSSR count). The van der Waals surface area contributed by atoms with E-state index >= 15 is 0 Å². The summed E-state index contributed by atoms with van der Waals surface area (Å²) in [6, 6.07) is 14.8. The third-order valence-corrected chi connectivity index (χ3v) is 5.76.